The zero-order valence-electron chi connectivity index (χ0n) is 20.5. The number of Topliss-reactive ketones (excluding diaryl/α,β-unsaturated/α-hetero) is 1. The van der Waals surface area contributed by atoms with Crippen LogP contribution in [0.3, 0.4) is 0 Å². The lowest BCUT2D eigenvalue weighted by Gasteiger charge is -2.24. The van der Waals surface area contributed by atoms with E-state index in [2.05, 4.69) is 0 Å². The Morgan fingerprint density at radius 3 is 2.47 bits per heavy atom. The summed E-state index contributed by atoms with van der Waals surface area (Å²) in [6.07, 6.45) is 0.367. The van der Waals surface area contributed by atoms with Gasteiger partial charge in [-0.05, 0) is 75.6 Å². The Kier molecular flexibility index (Phi) is 8.00. The fraction of sp³-hybridized carbons (Fsp3) is 0.400. The largest absolute Gasteiger partial charge is 0.496 e. The Morgan fingerprint density at radius 2 is 1.86 bits per heavy atom. The molecule has 1 unspecified atom stereocenters. The van der Waals surface area contributed by atoms with Gasteiger partial charge in [0, 0.05) is 23.0 Å². The Bertz CT molecular complexity index is 1300. The Balaban J connectivity index is 1.93. The molecule has 194 valence electrons. The van der Waals surface area contributed by atoms with Crippen LogP contribution in [0.25, 0.3) is 0 Å². The summed E-state index contributed by atoms with van der Waals surface area (Å²) in [5.74, 6) is -2.09. The van der Waals surface area contributed by atoms with E-state index in [1.54, 1.807) is 39.0 Å². The number of nitrogen functional groups attached to an aromatic ring is 1. The van der Waals surface area contributed by atoms with Crippen molar-refractivity contribution in [3.63, 3.8) is 0 Å². The summed E-state index contributed by atoms with van der Waals surface area (Å²) in [6.45, 7) is 4.49. The van der Waals surface area contributed by atoms with Crippen molar-refractivity contribution in [2.45, 2.75) is 50.5 Å². The van der Waals surface area contributed by atoms with Gasteiger partial charge in [-0.15, -0.1) is 0 Å². The first-order valence-electron chi connectivity index (χ1n) is 11.3. The van der Waals surface area contributed by atoms with Gasteiger partial charge in [-0.3, -0.25) is 9.59 Å². The molecule has 2 N–H and O–H groups in total. The molecular weight excluding hydrogens is 508 g/mol. The van der Waals surface area contributed by atoms with Crippen LogP contribution in [0, 0.1) is 5.92 Å². The third kappa shape index (κ3) is 6.17. The maximum absolute atomic E-state index is 13.5. The van der Waals surface area contributed by atoms with E-state index in [4.69, 9.17) is 26.8 Å². The van der Waals surface area contributed by atoms with Crippen LogP contribution < -0.4 is 10.5 Å². The fourth-order valence-electron chi connectivity index (χ4n) is 3.89. The minimum Gasteiger partial charge on any atom is -0.496 e. The van der Waals surface area contributed by atoms with Crippen molar-refractivity contribution in [2.75, 3.05) is 19.4 Å². The second-order valence-corrected chi connectivity index (χ2v) is 11.8. The molecule has 1 atom stereocenters. The molecule has 0 radical (unpaired) electrons. The van der Waals surface area contributed by atoms with E-state index >= 15 is 0 Å². The summed E-state index contributed by atoms with van der Waals surface area (Å²) in [5, 5.41) is 0.438. The Morgan fingerprint density at radius 1 is 1.17 bits per heavy atom. The highest BCUT2D eigenvalue weighted by Crippen LogP contribution is 2.31. The van der Waals surface area contributed by atoms with E-state index in [0.29, 0.717) is 20.6 Å². The van der Waals surface area contributed by atoms with Crippen LogP contribution in [0.15, 0.2) is 41.3 Å². The van der Waals surface area contributed by atoms with E-state index in [-0.39, 0.29) is 41.2 Å². The predicted molar refractivity (Wildman–Crippen MR) is 134 cm³/mol. The van der Waals surface area contributed by atoms with Crippen LogP contribution in [0.2, 0.25) is 5.02 Å². The van der Waals surface area contributed by atoms with Gasteiger partial charge in [0.2, 0.25) is 5.91 Å². The highest BCUT2D eigenvalue weighted by Gasteiger charge is 2.38. The quantitative estimate of drug-likeness (QED) is 0.437. The van der Waals surface area contributed by atoms with Gasteiger partial charge in [-0.1, -0.05) is 11.6 Å². The summed E-state index contributed by atoms with van der Waals surface area (Å²) in [4.78, 5) is 38.0. The van der Waals surface area contributed by atoms with Crippen molar-refractivity contribution in [1.82, 2.24) is 4.31 Å². The number of ether oxygens (including phenoxy) is 2. The standard InChI is InChI=1S/C25H29ClN2O7S/c1-25(2,3)35-24(31)20-9-8-19(13-21(20)27)36(32,33)28-14-18(29)7-5-15(23(28)30)11-16-12-17(26)6-10-22(16)34-4/h6,8-10,12-13,15H,5,7,11,14,27H2,1-4H3. The molecular formula is C25H29ClN2O7S. The highest BCUT2D eigenvalue weighted by molar-refractivity contribution is 7.89. The number of carbonyl (C=O) groups excluding carboxylic acids is 3. The van der Waals surface area contributed by atoms with Gasteiger partial charge in [0.05, 0.1) is 24.1 Å². The molecule has 0 saturated carbocycles. The number of nitrogens with two attached hydrogens (primary N) is 1. The van der Waals surface area contributed by atoms with E-state index in [1.165, 1.54) is 19.2 Å². The highest BCUT2D eigenvalue weighted by atomic mass is 35.5. The van der Waals surface area contributed by atoms with Crippen molar-refractivity contribution in [3.05, 3.63) is 52.5 Å². The van der Waals surface area contributed by atoms with Gasteiger partial charge in [0.15, 0.2) is 5.78 Å². The molecule has 9 nitrogen and oxygen atoms in total. The van der Waals surface area contributed by atoms with Crippen LogP contribution in [-0.4, -0.2) is 49.6 Å². The van der Waals surface area contributed by atoms with Crippen molar-refractivity contribution in [3.8, 4) is 5.75 Å². The summed E-state index contributed by atoms with van der Waals surface area (Å²) in [7, 11) is -2.96. The van der Waals surface area contributed by atoms with Gasteiger partial charge < -0.3 is 15.2 Å². The molecule has 0 aliphatic carbocycles. The van der Waals surface area contributed by atoms with Crippen molar-refractivity contribution < 1.29 is 32.3 Å². The van der Waals surface area contributed by atoms with Crippen LogP contribution in [0.1, 0.15) is 49.5 Å². The topological polar surface area (TPSA) is 133 Å². The Labute approximate surface area is 215 Å². The number of nitrogens with zero attached hydrogens (tertiary/aromatic N) is 1. The average molecular weight is 537 g/mol. The second-order valence-electron chi connectivity index (χ2n) is 9.54. The lowest BCUT2D eigenvalue weighted by atomic mass is 9.93. The molecule has 36 heavy (non-hydrogen) atoms. The predicted octanol–water partition coefficient (Wildman–Crippen LogP) is 3.63. The monoisotopic (exact) mass is 536 g/mol. The molecule has 3 rings (SSSR count). The van der Waals surface area contributed by atoms with Gasteiger partial charge >= 0.3 is 5.97 Å². The smallest absolute Gasteiger partial charge is 0.340 e. The number of halogens is 1. The number of rotatable bonds is 6. The number of hydrogen-bond donors (Lipinski definition) is 1. The zero-order valence-corrected chi connectivity index (χ0v) is 22.1. The lowest BCUT2D eigenvalue weighted by molar-refractivity contribution is -0.131. The van der Waals surface area contributed by atoms with Crippen LogP contribution in [0.4, 0.5) is 5.69 Å². The first kappa shape index (κ1) is 27.5. The first-order valence-corrected chi connectivity index (χ1v) is 13.1. The number of ketones is 1. The number of esters is 1. The SMILES string of the molecule is COc1ccc(Cl)cc1CC1CCC(=O)CN(S(=O)(=O)c2ccc(C(=O)OC(C)(C)C)c(N)c2)C1=O. The third-order valence-electron chi connectivity index (χ3n) is 5.63. The molecule has 1 saturated heterocycles. The number of carbonyl (C=O) groups is 3. The summed E-state index contributed by atoms with van der Waals surface area (Å²) >= 11 is 6.10. The summed E-state index contributed by atoms with van der Waals surface area (Å²) < 4.78 is 38.2. The molecule has 2 aromatic rings. The van der Waals surface area contributed by atoms with E-state index in [1.807, 2.05) is 0 Å². The minimum atomic E-state index is -4.44. The van der Waals surface area contributed by atoms with E-state index in [0.717, 1.165) is 6.07 Å². The fourth-order valence-corrected chi connectivity index (χ4v) is 5.56. The molecule has 2 aromatic carbocycles. The van der Waals surface area contributed by atoms with E-state index in [9.17, 15) is 22.8 Å². The van der Waals surface area contributed by atoms with Crippen LogP contribution in [-0.2, 0) is 30.8 Å². The maximum Gasteiger partial charge on any atom is 0.340 e. The molecule has 1 amide bonds. The van der Waals surface area contributed by atoms with Gasteiger partial charge in [0.25, 0.3) is 10.0 Å². The molecule has 0 bridgehead atoms. The molecule has 0 aromatic heterocycles. The van der Waals surface area contributed by atoms with E-state index < -0.39 is 40.0 Å². The lowest BCUT2D eigenvalue weighted by Crippen LogP contribution is -2.42. The van der Waals surface area contributed by atoms with Gasteiger partial charge in [-0.25, -0.2) is 17.5 Å². The van der Waals surface area contributed by atoms with Crippen LogP contribution in [0.5, 0.6) is 5.75 Å². The molecule has 0 spiro atoms. The number of anilines is 1. The number of methoxy groups -OCH3 is 1. The maximum atomic E-state index is 13.5. The zero-order chi connectivity index (χ0) is 26.8. The molecule has 1 heterocycles. The second kappa shape index (κ2) is 10.5. The van der Waals surface area contributed by atoms with Crippen molar-refractivity contribution in [2.24, 2.45) is 5.92 Å². The van der Waals surface area contributed by atoms with Gasteiger partial charge in [0.1, 0.15) is 11.4 Å². The molecule has 1 fully saturated rings. The third-order valence-corrected chi connectivity index (χ3v) is 7.60. The molecule has 1 aliphatic rings. The molecule has 1 aliphatic heterocycles. The molecule has 11 heteroatoms. The summed E-state index contributed by atoms with van der Waals surface area (Å²) in [5.41, 5.74) is 5.70. The van der Waals surface area contributed by atoms with Crippen molar-refractivity contribution in [1.29, 1.82) is 0 Å². The first-order chi connectivity index (χ1) is 16.7. The normalized spacial score (nSPS) is 17.0. The minimum absolute atomic E-state index is 0.00641. The van der Waals surface area contributed by atoms with Crippen molar-refractivity contribution >= 4 is 45.0 Å². The Hall–Kier alpha value is -3.11. The number of hydrogen-bond acceptors (Lipinski definition) is 8. The number of benzene rings is 2. The van der Waals surface area contributed by atoms with Crippen LogP contribution >= 0.6 is 11.6 Å². The van der Waals surface area contributed by atoms with Gasteiger partial charge in [-0.2, -0.15) is 0 Å². The number of amides is 1. The number of sulfonamides is 1. The average Bonchev–Trinajstić information content (AvgIpc) is 2.92. The summed E-state index contributed by atoms with van der Waals surface area (Å²) in [6, 6.07) is 8.44.